The molecule has 1 aliphatic rings. The Morgan fingerprint density at radius 3 is 2.60 bits per heavy atom. The van der Waals surface area contributed by atoms with Crippen molar-refractivity contribution in [1.29, 1.82) is 0 Å². The summed E-state index contributed by atoms with van der Waals surface area (Å²) >= 11 is 1.56. The van der Waals surface area contributed by atoms with E-state index in [1.807, 2.05) is 24.4 Å². The molecule has 0 radical (unpaired) electrons. The minimum atomic E-state index is -0.252. The van der Waals surface area contributed by atoms with Crippen molar-refractivity contribution < 1.29 is 9.59 Å². The van der Waals surface area contributed by atoms with E-state index >= 15 is 0 Å². The quantitative estimate of drug-likeness (QED) is 0.696. The molecule has 1 aromatic heterocycles. The number of hydrogen-bond donors (Lipinski definition) is 1. The Balaban J connectivity index is 2.05. The summed E-state index contributed by atoms with van der Waals surface area (Å²) in [7, 11) is 0. The topological polar surface area (TPSA) is 63.4 Å². The van der Waals surface area contributed by atoms with Crippen LogP contribution in [0.4, 0.5) is 5.69 Å². The highest BCUT2D eigenvalue weighted by Gasteiger charge is 2.40. The number of imide groups is 1. The van der Waals surface area contributed by atoms with Crippen molar-refractivity contribution in [3.63, 3.8) is 0 Å². The molecule has 0 saturated heterocycles. The molecule has 102 valence electrons. The Labute approximate surface area is 120 Å². The molecular formula is C15H14N2O2S. The van der Waals surface area contributed by atoms with Crippen LogP contribution in [0, 0.1) is 0 Å². The van der Waals surface area contributed by atoms with Gasteiger partial charge in [0.1, 0.15) is 0 Å². The average molecular weight is 286 g/mol. The van der Waals surface area contributed by atoms with Crippen molar-refractivity contribution in [2.45, 2.75) is 19.4 Å². The van der Waals surface area contributed by atoms with Crippen LogP contribution in [-0.2, 0) is 0 Å². The zero-order chi connectivity index (χ0) is 14.3. The lowest BCUT2D eigenvalue weighted by Gasteiger charge is -2.24. The summed E-state index contributed by atoms with van der Waals surface area (Å²) in [5.74, 6) is -0.484. The Kier molecular flexibility index (Phi) is 3.06. The number of carbonyl (C=O) groups is 2. The summed E-state index contributed by atoms with van der Waals surface area (Å²) in [6, 6.07) is 8.54. The fraction of sp³-hybridized carbons (Fsp3) is 0.200. The van der Waals surface area contributed by atoms with Gasteiger partial charge in [0.05, 0.1) is 17.2 Å². The molecule has 1 aromatic carbocycles. The van der Waals surface area contributed by atoms with E-state index in [2.05, 4.69) is 0 Å². The molecule has 0 aliphatic carbocycles. The molecule has 0 bridgehead atoms. The first-order valence-corrected chi connectivity index (χ1v) is 7.32. The molecule has 2 amide bonds. The van der Waals surface area contributed by atoms with Gasteiger partial charge < -0.3 is 5.73 Å². The van der Waals surface area contributed by atoms with Crippen molar-refractivity contribution in [3.8, 4) is 0 Å². The van der Waals surface area contributed by atoms with E-state index in [9.17, 15) is 9.59 Å². The van der Waals surface area contributed by atoms with Crippen LogP contribution >= 0.6 is 11.3 Å². The Hall–Kier alpha value is -2.14. The number of nitrogens with two attached hydrogens (primary N) is 1. The highest BCUT2D eigenvalue weighted by Crippen LogP contribution is 2.35. The summed E-state index contributed by atoms with van der Waals surface area (Å²) in [6.07, 6.45) is 0.696. The molecule has 2 heterocycles. The predicted molar refractivity (Wildman–Crippen MR) is 78.7 cm³/mol. The maximum Gasteiger partial charge on any atom is 0.262 e. The van der Waals surface area contributed by atoms with Crippen molar-refractivity contribution >= 4 is 28.8 Å². The lowest BCUT2D eigenvalue weighted by molar-refractivity contribution is 0.0580. The van der Waals surface area contributed by atoms with E-state index in [1.54, 1.807) is 29.5 Å². The second kappa shape index (κ2) is 4.76. The molecule has 0 spiro atoms. The third-order valence-electron chi connectivity index (χ3n) is 3.51. The smallest absolute Gasteiger partial charge is 0.262 e. The Morgan fingerprint density at radius 1 is 1.20 bits per heavy atom. The van der Waals surface area contributed by atoms with Crippen LogP contribution in [0.5, 0.6) is 0 Å². The van der Waals surface area contributed by atoms with Gasteiger partial charge in [0, 0.05) is 10.6 Å². The molecule has 1 aliphatic heterocycles. The van der Waals surface area contributed by atoms with E-state index in [-0.39, 0.29) is 17.9 Å². The highest BCUT2D eigenvalue weighted by molar-refractivity contribution is 7.10. The third kappa shape index (κ3) is 1.82. The number of rotatable bonds is 3. The number of nitrogen functional groups attached to an aromatic ring is 1. The van der Waals surface area contributed by atoms with Crippen molar-refractivity contribution in [2.75, 3.05) is 5.73 Å². The first kappa shape index (κ1) is 12.9. The zero-order valence-corrected chi connectivity index (χ0v) is 11.8. The lowest BCUT2D eigenvalue weighted by Crippen LogP contribution is -2.33. The fourth-order valence-corrected chi connectivity index (χ4v) is 3.45. The first-order valence-electron chi connectivity index (χ1n) is 6.44. The molecule has 1 atom stereocenters. The fourth-order valence-electron chi connectivity index (χ4n) is 2.55. The van der Waals surface area contributed by atoms with Crippen LogP contribution in [0.25, 0.3) is 0 Å². The van der Waals surface area contributed by atoms with Crippen LogP contribution in [0.2, 0.25) is 0 Å². The van der Waals surface area contributed by atoms with Gasteiger partial charge in [-0.25, -0.2) is 0 Å². The van der Waals surface area contributed by atoms with Crippen LogP contribution in [-0.4, -0.2) is 16.7 Å². The second-order valence-electron chi connectivity index (χ2n) is 4.72. The Bertz CT molecular complexity index is 679. The van der Waals surface area contributed by atoms with Gasteiger partial charge in [0.2, 0.25) is 0 Å². The third-order valence-corrected chi connectivity index (χ3v) is 4.49. The van der Waals surface area contributed by atoms with Crippen LogP contribution in [0.3, 0.4) is 0 Å². The number of benzene rings is 1. The minimum Gasteiger partial charge on any atom is -0.399 e. The van der Waals surface area contributed by atoms with Gasteiger partial charge in [-0.2, -0.15) is 0 Å². The number of thiophene rings is 1. The normalized spacial score (nSPS) is 15.6. The monoisotopic (exact) mass is 286 g/mol. The molecule has 5 heteroatoms. The first-order chi connectivity index (χ1) is 9.63. The summed E-state index contributed by atoms with van der Waals surface area (Å²) in [4.78, 5) is 27.4. The van der Waals surface area contributed by atoms with Gasteiger partial charge in [-0.1, -0.05) is 13.0 Å². The molecule has 0 fully saturated rings. The number of amides is 2. The van der Waals surface area contributed by atoms with E-state index in [0.717, 1.165) is 4.88 Å². The number of carbonyl (C=O) groups excluding carboxylic acids is 2. The molecule has 2 N–H and O–H groups in total. The standard InChI is InChI=1S/C15H14N2O2S/c1-2-12(13-4-3-7-20-13)17-14(18)10-6-5-9(16)8-11(10)15(17)19/h3-8,12H,2,16H2,1H3. The largest absolute Gasteiger partial charge is 0.399 e. The summed E-state index contributed by atoms with van der Waals surface area (Å²) in [5.41, 5.74) is 7.05. The predicted octanol–water partition coefficient (Wildman–Crippen LogP) is 3.08. The number of anilines is 1. The lowest BCUT2D eigenvalue weighted by atomic mass is 10.1. The number of nitrogens with zero attached hydrogens (tertiary/aromatic N) is 1. The summed E-state index contributed by atoms with van der Waals surface area (Å²) < 4.78 is 0. The van der Waals surface area contributed by atoms with E-state index in [0.29, 0.717) is 23.2 Å². The van der Waals surface area contributed by atoms with E-state index in [4.69, 9.17) is 5.73 Å². The van der Waals surface area contributed by atoms with E-state index in [1.165, 1.54) is 4.90 Å². The average Bonchev–Trinajstić information content (AvgIpc) is 3.03. The summed E-state index contributed by atoms with van der Waals surface area (Å²) in [6.45, 7) is 1.97. The second-order valence-corrected chi connectivity index (χ2v) is 5.70. The van der Waals surface area contributed by atoms with Crippen LogP contribution in [0.15, 0.2) is 35.7 Å². The minimum absolute atomic E-state index is 0.205. The molecule has 3 rings (SSSR count). The SMILES string of the molecule is CCC(c1cccs1)N1C(=O)c2ccc(N)cc2C1=O. The molecule has 4 nitrogen and oxygen atoms in total. The molecule has 1 unspecified atom stereocenters. The van der Waals surface area contributed by atoms with Gasteiger partial charge >= 0.3 is 0 Å². The van der Waals surface area contributed by atoms with Crippen molar-refractivity contribution in [1.82, 2.24) is 4.90 Å². The van der Waals surface area contributed by atoms with Crippen molar-refractivity contribution in [2.24, 2.45) is 0 Å². The summed E-state index contributed by atoms with van der Waals surface area (Å²) in [5, 5.41) is 1.95. The number of fused-ring (bicyclic) bond motifs is 1. The molecular weight excluding hydrogens is 272 g/mol. The van der Waals surface area contributed by atoms with Gasteiger partial charge in [0.15, 0.2) is 0 Å². The van der Waals surface area contributed by atoms with Crippen molar-refractivity contribution in [3.05, 3.63) is 51.7 Å². The maximum atomic E-state index is 12.5. The van der Waals surface area contributed by atoms with Gasteiger partial charge in [0.25, 0.3) is 11.8 Å². The molecule has 0 saturated carbocycles. The maximum absolute atomic E-state index is 12.5. The molecule has 20 heavy (non-hydrogen) atoms. The zero-order valence-electron chi connectivity index (χ0n) is 11.0. The Morgan fingerprint density at radius 2 is 1.95 bits per heavy atom. The van der Waals surface area contributed by atoms with E-state index < -0.39 is 0 Å². The molecule has 2 aromatic rings. The van der Waals surface area contributed by atoms with Gasteiger partial charge in [-0.05, 0) is 36.1 Å². The van der Waals surface area contributed by atoms with Gasteiger partial charge in [-0.3, -0.25) is 14.5 Å². The van der Waals surface area contributed by atoms with Crippen LogP contribution in [0.1, 0.15) is 45.0 Å². The number of hydrogen-bond acceptors (Lipinski definition) is 4. The van der Waals surface area contributed by atoms with Crippen LogP contribution < -0.4 is 5.73 Å². The van der Waals surface area contributed by atoms with Gasteiger partial charge in [-0.15, -0.1) is 11.3 Å². The highest BCUT2D eigenvalue weighted by atomic mass is 32.1.